The molecule has 0 saturated heterocycles. The van der Waals surface area contributed by atoms with Gasteiger partial charge in [-0.25, -0.2) is 13.1 Å². The molecule has 1 saturated carbocycles. The summed E-state index contributed by atoms with van der Waals surface area (Å²) >= 11 is 0. The molecule has 0 bridgehead atoms. The van der Waals surface area contributed by atoms with Gasteiger partial charge in [-0.1, -0.05) is 26.2 Å². The van der Waals surface area contributed by atoms with Gasteiger partial charge in [0.15, 0.2) is 0 Å². The average molecular weight is 296 g/mol. The van der Waals surface area contributed by atoms with Crippen LogP contribution < -0.4 is 10.0 Å². The van der Waals surface area contributed by atoms with E-state index in [9.17, 15) is 8.42 Å². The maximum Gasteiger partial charge on any atom is 0.240 e. The van der Waals surface area contributed by atoms with Gasteiger partial charge in [-0.05, 0) is 43.5 Å². The molecule has 1 aromatic carbocycles. The highest BCUT2D eigenvalue weighted by molar-refractivity contribution is 7.89. The zero-order chi connectivity index (χ0) is 14.4. The smallest absolute Gasteiger partial charge is 0.240 e. The van der Waals surface area contributed by atoms with Crippen molar-refractivity contribution in [1.82, 2.24) is 4.72 Å². The van der Waals surface area contributed by atoms with Crippen molar-refractivity contribution >= 4 is 15.7 Å². The van der Waals surface area contributed by atoms with E-state index >= 15 is 0 Å². The van der Waals surface area contributed by atoms with Crippen LogP contribution in [0.5, 0.6) is 0 Å². The summed E-state index contributed by atoms with van der Waals surface area (Å²) in [6, 6.07) is 7.15. The topological polar surface area (TPSA) is 58.2 Å². The molecular weight excluding hydrogens is 272 g/mol. The van der Waals surface area contributed by atoms with Crippen LogP contribution in [0.1, 0.15) is 45.4 Å². The molecule has 0 heterocycles. The fourth-order valence-corrected chi connectivity index (χ4v) is 3.33. The molecule has 20 heavy (non-hydrogen) atoms. The van der Waals surface area contributed by atoms with Gasteiger partial charge in [0.1, 0.15) is 0 Å². The molecule has 5 heteroatoms. The van der Waals surface area contributed by atoms with E-state index in [4.69, 9.17) is 0 Å². The summed E-state index contributed by atoms with van der Waals surface area (Å²) in [6.07, 6.45) is 6.80. The van der Waals surface area contributed by atoms with E-state index in [0.717, 1.165) is 31.5 Å². The largest absolute Gasteiger partial charge is 0.385 e. The number of rotatable bonds is 9. The third kappa shape index (κ3) is 4.80. The van der Waals surface area contributed by atoms with Crippen LogP contribution in [-0.4, -0.2) is 21.0 Å². The van der Waals surface area contributed by atoms with Crippen LogP contribution in [0.4, 0.5) is 5.69 Å². The Morgan fingerprint density at radius 2 is 1.80 bits per heavy atom. The maximum atomic E-state index is 12.0. The van der Waals surface area contributed by atoms with E-state index in [0.29, 0.717) is 4.90 Å². The van der Waals surface area contributed by atoms with Crippen LogP contribution in [0.15, 0.2) is 29.2 Å². The summed E-state index contributed by atoms with van der Waals surface area (Å²) in [7, 11) is -3.32. The van der Waals surface area contributed by atoms with E-state index in [1.54, 1.807) is 12.1 Å². The molecule has 2 rings (SSSR count). The van der Waals surface area contributed by atoms with Crippen LogP contribution in [0.25, 0.3) is 0 Å². The third-order valence-electron chi connectivity index (χ3n) is 3.42. The van der Waals surface area contributed by atoms with Gasteiger partial charge >= 0.3 is 0 Å². The molecule has 0 aliphatic heterocycles. The number of hydrogen-bond acceptors (Lipinski definition) is 3. The number of benzene rings is 1. The lowest BCUT2D eigenvalue weighted by atomic mass is 10.2. The molecule has 1 fully saturated rings. The molecule has 0 radical (unpaired) electrons. The Kier molecular flexibility index (Phi) is 5.43. The lowest BCUT2D eigenvalue weighted by Crippen LogP contribution is -2.25. The highest BCUT2D eigenvalue weighted by Gasteiger charge is 2.27. The highest BCUT2D eigenvalue weighted by Crippen LogP contribution is 2.22. The van der Waals surface area contributed by atoms with Crippen LogP contribution >= 0.6 is 0 Å². The first-order valence-electron chi connectivity index (χ1n) is 7.48. The van der Waals surface area contributed by atoms with Crippen LogP contribution in [0.2, 0.25) is 0 Å². The zero-order valence-corrected chi connectivity index (χ0v) is 12.9. The minimum Gasteiger partial charge on any atom is -0.385 e. The van der Waals surface area contributed by atoms with Crippen molar-refractivity contribution < 1.29 is 8.42 Å². The average Bonchev–Trinajstić information content (AvgIpc) is 3.22. The monoisotopic (exact) mass is 296 g/mol. The van der Waals surface area contributed by atoms with E-state index in [1.807, 2.05) is 12.1 Å². The molecule has 1 aliphatic carbocycles. The highest BCUT2D eigenvalue weighted by atomic mass is 32.2. The van der Waals surface area contributed by atoms with Gasteiger partial charge in [-0.2, -0.15) is 0 Å². The predicted octanol–water partition coefficient (Wildman–Crippen LogP) is 3.12. The molecule has 1 aromatic rings. The minimum absolute atomic E-state index is 0.149. The molecular formula is C15H24N2O2S. The van der Waals surface area contributed by atoms with Gasteiger partial charge < -0.3 is 5.32 Å². The second-order valence-electron chi connectivity index (χ2n) is 5.41. The van der Waals surface area contributed by atoms with Gasteiger partial charge in [-0.15, -0.1) is 0 Å². The summed E-state index contributed by atoms with van der Waals surface area (Å²) in [5.41, 5.74) is 0.979. The number of anilines is 1. The SMILES string of the molecule is CCCCCCNc1ccc(S(=O)(=O)NC2CC2)cc1. The number of unbranched alkanes of at least 4 members (excludes halogenated alkanes) is 3. The second kappa shape index (κ2) is 7.09. The molecule has 0 spiro atoms. The Balaban J connectivity index is 1.82. The standard InChI is InChI=1S/C15H24N2O2S/c1-2-3-4-5-12-16-13-8-10-15(11-9-13)20(18,19)17-14-6-7-14/h8-11,14,16-17H,2-7,12H2,1H3. The molecule has 0 aromatic heterocycles. The van der Waals surface area contributed by atoms with Crippen molar-refractivity contribution in [3.8, 4) is 0 Å². The molecule has 1 aliphatic rings. The van der Waals surface area contributed by atoms with Crippen LogP contribution in [0.3, 0.4) is 0 Å². The fourth-order valence-electron chi connectivity index (χ4n) is 2.03. The van der Waals surface area contributed by atoms with E-state index in [-0.39, 0.29) is 6.04 Å². The normalized spacial score (nSPS) is 15.2. The summed E-state index contributed by atoms with van der Waals surface area (Å²) in [4.78, 5) is 0.348. The van der Waals surface area contributed by atoms with Crippen molar-refractivity contribution in [2.24, 2.45) is 0 Å². The molecule has 2 N–H and O–H groups in total. The summed E-state index contributed by atoms with van der Waals surface area (Å²) in [6.45, 7) is 3.13. The Hall–Kier alpha value is -1.07. The maximum absolute atomic E-state index is 12.0. The van der Waals surface area contributed by atoms with E-state index in [1.165, 1.54) is 19.3 Å². The first-order chi connectivity index (χ1) is 9.62. The Morgan fingerprint density at radius 1 is 1.10 bits per heavy atom. The zero-order valence-electron chi connectivity index (χ0n) is 12.1. The van der Waals surface area contributed by atoms with Gasteiger partial charge in [0.2, 0.25) is 10.0 Å². The molecule has 4 nitrogen and oxygen atoms in total. The molecule has 0 amide bonds. The number of nitrogens with one attached hydrogen (secondary N) is 2. The summed E-state index contributed by atoms with van der Waals surface area (Å²) < 4.78 is 26.7. The van der Waals surface area contributed by atoms with Gasteiger partial charge in [0.05, 0.1) is 4.90 Å². The minimum atomic E-state index is -3.32. The Bertz CT molecular complexity index is 507. The lowest BCUT2D eigenvalue weighted by Gasteiger charge is -2.08. The summed E-state index contributed by atoms with van der Waals surface area (Å²) in [5.74, 6) is 0. The van der Waals surface area contributed by atoms with Crippen molar-refractivity contribution in [3.63, 3.8) is 0 Å². The van der Waals surface area contributed by atoms with Crippen molar-refractivity contribution in [3.05, 3.63) is 24.3 Å². The third-order valence-corrected chi connectivity index (χ3v) is 4.96. The lowest BCUT2D eigenvalue weighted by molar-refractivity contribution is 0.581. The Labute approximate surface area is 122 Å². The summed E-state index contributed by atoms with van der Waals surface area (Å²) in [5, 5.41) is 3.32. The quantitative estimate of drug-likeness (QED) is 0.688. The number of sulfonamides is 1. The van der Waals surface area contributed by atoms with E-state index in [2.05, 4.69) is 17.0 Å². The van der Waals surface area contributed by atoms with Gasteiger partial charge in [0.25, 0.3) is 0 Å². The van der Waals surface area contributed by atoms with Crippen molar-refractivity contribution in [2.45, 2.75) is 56.4 Å². The molecule has 0 unspecified atom stereocenters. The van der Waals surface area contributed by atoms with Gasteiger partial charge in [-0.3, -0.25) is 0 Å². The van der Waals surface area contributed by atoms with Gasteiger partial charge in [0, 0.05) is 18.3 Å². The fraction of sp³-hybridized carbons (Fsp3) is 0.600. The first kappa shape index (κ1) is 15.3. The van der Waals surface area contributed by atoms with E-state index < -0.39 is 10.0 Å². The predicted molar refractivity (Wildman–Crippen MR) is 82.4 cm³/mol. The first-order valence-corrected chi connectivity index (χ1v) is 8.96. The second-order valence-corrected chi connectivity index (χ2v) is 7.12. The molecule has 112 valence electrons. The number of hydrogen-bond donors (Lipinski definition) is 2. The van der Waals surface area contributed by atoms with Crippen molar-refractivity contribution in [1.29, 1.82) is 0 Å². The Morgan fingerprint density at radius 3 is 2.40 bits per heavy atom. The van der Waals surface area contributed by atoms with Crippen LogP contribution in [0, 0.1) is 0 Å². The van der Waals surface area contributed by atoms with Crippen molar-refractivity contribution in [2.75, 3.05) is 11.9 Å². The van der Waals surface area contributed by atoms with Crippen LogP contribution in [-0.2, 0) is 10.0 Å². The molecule has 0 atom stereocenters.